The molecule has 0 saturated heterocycles. The smallest absolute Gasteiger partial charge is 0.0703 e. The number of hydrogen-bond acceptors (Lipinski definition) is 3. The minimum absolute atomic E-state index is 0.288. The van der Waals surface area contributed by atoms with Crippen LogP contribution in [0.15, 0.2) is 0 Å². The van der Waals surface area contributed by atoms with Crippen molar-refractivity contribution in [3.05, 3.63) is 0 Å². The summed E-state index contributed by atoms with van der Waals surface area (Å²) in [6.45, 7) is 11.8. The Morgan fingerprint density at radius 3 is 1.93 bits per heavy atom. The maximum absolute atomic E-state index is 5.36. The number of ether oxygens (including phenoxy) is 3. The molecule has 0 aromatic rings. The van der Waals surface area contributed by atoms with Crippen LogP contribution in [0.1, 0.15) is 27.7 Å². The van der Waals surface area contributed by atoms with Crippen LogP contribution < -0.4 is 0 Å². The Labute approximate surface area is 87.7 Å². The van der Waals surface area contributed by atoms with Crippen LogP contribution in [0.4, 0.5) is 0 Å². The topological polar surface area (TPSA) is 27.7 Å². The van der Waals surface area contributed by atoms with Crippen LogP contribution in [0.25, 0.3) is 0 Å². The van der Waals surface area contributed by atoms with Crippen molar-refractivity contribution in [1.82, 2.24) is 0 Å². The molecule has 0 unspecified atom stereocenters. The summed E-state index contributed by atoms with van der Waals surface area (Å²) in [7, 11) is 0. The van der Waals surface area contributed by atoms with Crippen molar-refractivity contribution >= 4 is 0 Å². The molecule has 0 rings (SSSR count). The normalized spacial score (nSPS) is 11.6. The SMILES string of the molecule is CC(C)COCCOCCOC(C)C. The molecule has 0 amide bonds. The highest BCUT2D eigenvalue weighted by Gasteiger charge is 1.95. The van der Waals surface area contributed by atoms with E-state index in [1.165, 1.54) is 0 Å². The van der Waals surface area contributed by atoms with Crippen molar-refractivity contribution < 1.29 is 14.2 Å². The molecule has 0 aliphatic carbocycles. The molecule has 0 radical (unpaired) electrons. The third-order valence-electron chi connectivity index (χ3n) is 1.50. The molecule has 0 aliphatic rings. The van der Waals surface area contributed by atoms with Gasteiger partial charge in [-0.15, -0.1) is 0 Å². The molecular weight excluding hydrogens is 180 g/mol. The Kier molecular flexibility index (Phi) is 9.35. The van der Waals surface area contributed by atoms with Gasteiger partial charge in [0.1, 0.15) is 0 Å². The lowest BCUT2D eigenvalue weighted by Crippen LogP contribution is -2.13. The Balaban J connectivity index is 2.92. The van der Waals surface area contributed by atoms with Gasteiger partial charge in [0, 0.05) is 6.61 Å². The van der Waals surface area contributed by atoms with E-state index in [9.17, 15) is 0 Å². The Morgan fingerprint density at radius 1 is 0.786 bits per heavy atom. The first-order valence-corrected chi connectivity index (χ1v) is 5.40. The molecule has 0 bridgehead atoms. The van der Waals surface area contributed by atoms with Gasteiger partial charge in [-0.1, -0.05) is 13.8 Å². The molecule has 3 heteroatoms. The molecule has 0 heterocycles. The third kappa shape index (κ3) is 11.9. The van der Waals surface area contributed by atoms with Crippen LogP contribution in [0.3, 0.4) is 0 Å². The molecule has 86 valence electrons. The van der Waals surface area contributed by atoms with E-state index >= 15 is 0 Å². The Hall–Kier alpha value is -0.120. The highest BCUT2D eigenvalue weighted by molar-refractivity contribution is 4.40. The van der Waals surface area contributed by atoms with Gasteiger partial charge in [0.2, 0.25) is 0 Å². The number of hydrogen-bond donors (Lipinski definition) is 0. The van der Waals surface area contributed by atoms with Crippen LogP contribution in [0.2, 0.25) is 0 Å². The van der Waals surface area contributed by atoms with Gasteiger partial charge in [0.25, 0.3) is 0 Å². The predicted molar refractivity (Wildman–Crippen MR) is 57.6 cm³/mol. The minimum atomic E-state index is 0.288. The molecular formula is C11H24O3. The van der Waals surface area contributed by atoms with Crippen LogP contribution in [0, 0.1) is 5.92 Å². The lowest BCUT2D eigenvalue weighted by atomic mass is 10.2. The molecule has 3 nitrogen and oxygen atoms in total. The third-order valence-corrected chi connectivity index (χ3v) is 1.50. The van der Waals surface area contributed by atoms with Gasteiger partial charge in [-0.25, -0.2) is 0 Å². The van der Waals surface area contributed by atoms with E-state index in [2.05, 4.69) is 13.8 Å². The van der Waals surface area contributed by atoms with E-state index in [4.69, 9.17) is 14.2 Å². The standard InChI is InChI=1S/C11H24O3/c1-10(2)9-13-6-5-12-7-8-14-11(3)4/h10-11H,5-9H2,1-4H3. The fourth-order valence-electron chi connectivity index (χ4n) is 0.882. The first kappa shape index (κ1) is 13.9. The average molecular weight is 204 g/mol. The summed E-state index contributed by atoms with van der Waals surface area (Å²) in [4.78, 5) is 0. The second-order valence-electron chi connectivity index (χ2n) is 4.00. The first-order chi connectivity index (χ1) is 6.63. The molecule has 0 N–H and O–H groups in total. The van der Waals surface area contributed by atoms with Crippen LogP contribution in [-0.4, -0.2) is 39.1 Å². The van der Waals surface area contributed by atoms with Crippen molar-refractivity contribution in [2.45, 2.75) is 33.8 Å². The maximum Gasteiger partial charge on any atom is 0.0703 e. The van der Waals surface area contributed by atoms with Gasteiger partial charge in [0.05, 0.1) is 32.5 Å². The summed E-state index contributed by atoms with van der Waals surface area (Å²) in [6, 6.07) is 0. The fraction of sp³-hybridized carbons (Fsp3) is 1.00. The van der Waals surface area contributed by atoms with Crippen molar-refractivity contribution in [1.29, 1.82) is 0 Å². The van der Waals surface area contributed by atoms with Gasteiger partial charge >= 0.3 is 0 Å². The lowest BCUT2D eigenvalue weighted by molar-refractivity contribution is -0.00467. The van der Waals surface area contributed by atoms with Crippen LogP contribution >= 0.6 is 0 Å². The maximum atomic E-state index is 5.36. The van der Waals surface area contributed by atoms with Crippen molar-refractivity contribution in [3.63, 3.8) is 0 Å². The molecule has 0 spiro atoms. The monoisotopic (exact) mass is 204 g/mol. The van der Waals surface area contributed by atoms with Gasteiger partial charge in [-0.2, -0.15) is 0 Å². The van der Waals surface area contributed by atoms with E-state index in [1.807, 2.05) is 13.8 Å². The van der Waals surface area contributed by atoms with Gasteiger partial charge in [-0.3, -0.25) is 0 Å². The first-order valence-electron chi connectivity index (χ1n) is 5.40. The number of rotatable bonds is 9. The fourth-order valence-corrected chi connectivity index (χ4v) is 0.882. The lowest BCUT2D eigenvalue weighted by Gasteiger charge is -2.09. The van der Waals surface area contributed by atoms with Gasteiger partial charge < -0.3 is 14.2 Å². The van der Waals surface area contributed by atoms with Crippen molar-refractivity contribution in [2.75, 3.05) is 33.0 Å². The highest BCUT2D eigenvalue weighted by Crippen LogP contribution is 1.92. The van der Waals surface area contributed by atoms with E-state index in [1.54, 1.807) is 0 Å². The second kappa shape index (κ2) is 9.44. The molecule has 0 atom stereocenters. The summed E-state index contributed by atoms with van der Waals surface area (Å²) in [6.07, 6.45) is 0.288. The molecule has 0 aliphatic heterocycles. The molecule has 0 aromatic carbocycles. The summed E-state index contributed by atoms with van der Waals surface area (Å²) < 4.78 is 16.0. The van der Waals surface area contributed by atoms with E-state index < -0.39 is 0 Å². The van der Waals surface area contributed by atoms with Crippen molar-refractivity contribution in [3.8, 4) is 0 Å². The van der Waals surface area contributed by atoms with Gasteiger partial charge in [-0.05, 0) is 19.8 Å². The second-order valence-corrected chi connectivity index (χ2v) is 4.00. The summed E-state index contributed by atoms with van der Waals surface area (Å²) in [5.74, 6) is 0.597. The molecule has 0 fully saturated rings. The Morgan fingerprint density at radius 2 is 1.36 bits per heavy atom. The summed E-state index contributed by atoms with van der Waals surface area (Å²) in [5.41, 5.74) is 0. The van der Waals surface area contributed by atoms with Crippen LogP contribution in [-0.2, 0) is 14.2 Å². The quantitative estimate of drug-likeness (QED) is 0.538. The molecule has 14 heavy (non-hydrogen) atoms. The summed E-state index contributed by atoms with van der Waals surface area (Å²) in [5, 5.41) is 0. The summed E-state index contributed by atoms with van der Waals surface area (Å²) >= 11 is 0. The zero-order valence-corrected chi connectivity index (χ0v) is 9.91. The minimum Gasteiger partial charge on any atom is -0.379 e. The van der Waals surface area contributed by atoms with Crippen molar-refractivity contribution in [2.24, 2.45) is 5.92 Å². The molecule has 0 aromatic heterocycles. The largest absolute Gasteiger partial charge is 0.379 e. The predicted octanol–water partition coefficient (Wildman–Crippen LogP) is 2.10. The van der Waals surface area contributed by atoms with E-state index in [0.29, 0.717) is 32.3 Å². The van der Waals surface area contributed by atoms with E-state index in [0.717, 1.165) is 6.61 Å². The van der Waals surface area contributed by atoms with Gasteiger partial charge in [0.15, 0.2) is 0 Å². The zero-order valence-electron chi connectivity index (χ0n) is 9.91. The molecule has 0 saturated carbocycles. The van der Waals surface area contributed by atoms with Crippen LogP contribution in [0.5, 0.6) is 0 Å². The van der Waals surface area contributed by atoms with E-state index in [-0.39, 0.29) is 6.10 Å². The zero-order chi connectivity index (χ0) is 10.8. The Bertz CT molecular complexity index is 99.1. The average Bonchev–Trinajstić information content (AvgIpc) is 2.08. The highest BCUT2D eigenvalue weighted by atomic mass is 16.5.